The first kappa shape index (κ1) is 14.6. The smallest absolute Gasteiger partial charge is 0.269 e. The molecular weight excluding hydrogens is 258 g/mol. The van der Waals surface area contributed by atoms with Crippen LogP contribution in [0.3, 0.4) is 0 Å². The molecule has 0 aliphatic rings. The molecule has 2 N–H and O–H groups in total. The van der Waals surface area contributed by atoms with Gasteiger partial charge in [0.2, 0.25) is 10.0 Å². The van der Waals surface area contributed by atoms with Gasteiger partial charge in [0.05, 0.1) is 9.82 Å². The van der Waals surface area contributed by atoms with Crippen LogP contribution in [0.5, 0.6) is 0 Å². The average Bonchev–Trinajstić information content (AvgIpc) is 2.28. The first-order valence-corrected chi connectivity index (χ1v) is 6.76. The monoisotopic (exact) mass is 273 g/mol. The molecule has 1 atom stereocenters. The lowest BCUT2D eigenvalue weighted by Gasteiger charge is -2.13. The van der Waals surface area contributed by atoms with E-state index in [9.17, 15) is 18.5 Å². The van der Waals surface area contributed by atoms with Crippen LogP contribution in [0.15, 0.2) is 29.2 Å². The number of nitrogens with one attached hydrogen (secondary N) is 2. The number of nitro benzene ring substituents is 1. The number of sulfonamides is 1. The van der Waals surface area contributed by atoms with Gasteiger partial charge in [-0.3, -0.25) is 10.1 Å². The SMILES string of the molecule is CNCC(C)NS(=O)(=O)c1ccc([N+](=O)[O-])cc1. The Kier molecular flexibility index (Phi) is 4.76. The van der Waals surface area contributed by atoms with Crippen molar-refractivity contribution in [1.82, 2.24) is 10.0 Å². The Labute approximate surface area is 105 Å². The van der Waals surface area contributed by atoms with Crippen LogP contribution in [0, 0.1) is 10.1 Å². The van der Waals surface area contributed by atoms with Crippen molar-refractivity contribution in [3.05, 3.63) is 34.4 Å². The van der Waals surface area contributed by atoms with Crippen molar-refractivity contribution in [3.63, 3.8) is 0 Å². The number of benzene rings is 1. The van der Waals surface area contributed by atoms with Crippen LogP contribution in [0.2, 0.25) is 0 Å². The molecule has 1 aromatic carbocycles. The maximum atomic E-state index is 11.9. The number of rotatable bonds is 6. The quantitative estimate of drug-likeness (QED) is 0.580. The minimum atomic E-state index is -3.64. The van der Waals surface area contributed by atoms with Crippen molar-refractivity contribution in [1.29, 1.82) is 0 Å². The maximum absolute atomic E-state index is 11.9. The number of hydrogen-bond acceptors (Lipinski definition) is 5. The normalized spacial score (nSPS) is 13.2. The van der Waals surface area contributed by atoms with Gasteiger partial charge in [0.15, 0.2) is 0 Å². The predicted molar refractivity (Wildman–Crippen MR) is 66.8 cm³/mol. The zero-order valence-corrected chi connectivity index (χ0v) is 10.9. The first-order valence-electron chi connectivity index (χ1n) is 5.28. The summed E-state index contributed by atoms with van der Waals surface area (Å²) < 4.78 is 26.2. The van der Waals surface area contributed by atoms with E-state index in [-0.39, 0.29) is 16.6 Å². The lowest BCUT2D eigenvalue weighted by atomic mass is 10.3. The van der Waals surface area contributed by atoms with E-state index in [1.807, 2.05) is 0 Å². The van der Waals surface area contributed by atoms with Gasteiger partial charge in [0.1, 0.15) is 0 Å². The summed E-state index contributed by atoms with van der Waals surface area (Å²) in [6.07, 6.45) is 0. The van der Waals surface area contributed by atoms with Gasteiger partial charge in [-0.1, -0.05) is 0 Å². The van der Waals surface area contributed by atoms with Crippen LogP contribution in [0.4, 0.5) is 5.69 Å². The summed E-state index contributed by atoms with van der Waals surface area (Å²) in [5, 5.41) is 13.3. The van der Waals surface area contributed by atoms with Crippen LogP contribution in [0.1, 0.15) is 6.92 Å². The van der Waals surface area contributed by atoms with Gasteiger partial charge in [-0.2, -0.15) is 0 Å². The van der Waals surface area contributed by atoms with E-state index in [4.69, 9.17) is 0 Å². The highest BCUT2D eigenvalue weighted by Crippen LogP contribution is 2.15. The molecule has 0 saturated carbocycles. The predicted octanol–water partition coefficient (Wildman–Crippen LogP) is 0.481. The molecule has 1 rings (SSSR count). The molecule has 100 valence electrons. The van der Waals surface area contributed by atoms with Crippen molar-refractivity contribution in [2.24, 2.45) is 0 Å². The molecule has 0 saturated heterocycles. The van der Waals surface area contributed by atoms with E-state index < -0.39 is 14.9 Å². The first-order chi connectivity index (χ1) is 8.36. The molecule has 0 aliphatic heterocycles. The third-order valence-electron chi connectivity index (χ3n) is 2.22. The van der Waals surface area contributed by atoms with E-state index >= 15 is 0 Å². The van der Waals surface area contributed by atoms with E-state index in [0.717, 1.165) is 12.1 Å². The van der Waals surface area contributed by atoms with Crippen LogP contribution in [0.25, 0.3) is 0 Å². The van der Waals surface area contributed by atoms with Crippen molar-refractivity contribution >= 4 is 15.7 Å². The molecule has 0 radical (unpaired) electrons. The highest BCUT2D eigenvalue weighted by molar-refractivity contribution is 7.89. The van der Waals surface area contributed by atoms with E-state index in [1.165, 1.54) is 12.1 Å². The highest BCUT2D eigenvalue weighted by atomic mass is 32.2. The molecule has 0 fully saturated rings. The Morgan fingerprint density at radius 1 is 1.33 bits per heavy atom. The molecule has 1 unspecified atom stereocenters. The van der Waals surface area contributed by atoms with Gasteiger partial charge >= 0.3 is 0 Å². The van der Waals surface area contributed by atoms with Gasteiger partial charge in [0.25, 0.3) is 5.69 Å². The molecule has 0 aliphatic carbocycles. The fraction of sp³-hybridized carbons (Fsp3) is 0.400. The minimum Gasteiger partial charge on any atom is -0.318 e. The second-order valence-corrected chi connectivity index (χ2v) is 5.55. The molecular formula is C10H15N3O4S. The van der Waals surface area contributed by atoms with Crippen molar-refractivity contribution in [2.45, 2.75) is 17.9 Å². The van der Waals surface area contributed by atoms with Crippen molar-refractivity contribution in [2.75, 3.05) is 13.6 Å². The summed E-state index contributed by atoms with van der Waals surface area (Å²) in [5.74, 6) is 0. The van der Waals surface area contributed by atoms with Gasteiger partial charge < -0.3 is 5.32 Å². The van der Waals surface area contributed by atoms with Gasteiger partial charge in [-0.25, -0.2) is 13.1 Å². The largest absolute Gasteiger partial charge is 0.318 e. The molecule has 0 bridgehead atoms. The summed E-state index contributed by atoms with van der Waals surface area (Å²) in [6.45, 7) is 2.21. The van der Waals surface area contributed by atoms with Crippen molar-refractivity contribution < 1.29 is 13.3 Å². The number of hydrogen-bond donors (Lipinski definition) is 2. The molecule has 1 aromatic rings. The third kappa shape index (κ3) is 3.76. The number of nitrogens with zero attached hydrogens (tertiary/aromatic N) is 1. The molecule has 0 amide bonds. The molecule has 7 nitrogen and oxygen atoms in total. The molecule has 18 heavy (non-hydrogen) atoms. The zero-order chi connectivity index (χ0) is 13.8. The molecule has 8 heteroatoms. The summed E-state index contributed by atoms with van der Waals surface area (Å²) in [5.41, 5.74) is -0.141. The summed E-state index contributed by atoms with van der Waals surface area (Å²) in [4.78, 5) is 9.89. The Morgan fingerprint density at radius 2 is 1.89 bits per heavy atom. The lowest BCUT2D eigenvalue weighted by Crippen LogP contribution is -2.38. The summed E-state index contributed by atoms with van der Waals surface area (Å²) in [7, 11) is -1.92. The van der Waals surface area contributed by atoms with Crippen LogP contribution in [-0.2, 0) is 10.0 Å². The van der Waals surface area contributed by atoms with Gasteiger partial charge in [-0.15, -0.1) is 0 Å². The average molecular weight is 273 g/mol. The second-order valence-electron chi connectivity index (χ2n) is 3.83. The van der Waals surface area contributed by atoms with E-state index in [0.29, 0.717) is 6.54 Å². The summed E-state index contributed by atoms with van der Waals surface area (Å²) in [6, 6.07) is 4.49. The molecule has 0 spiro atoms. The highest BCUT2D eigenvalue weighted by Gasteiger charge is 2.17. The van der Waals surface area contributed by atoms with Crippen LogP contribution >= 0.6 is 0 Å². The standard InChI is InChI=1S/C10H15N3O4S/c1-8(7-11-2)12-18(16,17)10-5-3-9(4-6-10)13(14)15/h3-6,8,11-12H,7H2,1-2H3. The van der Waals surface area contributed by atoms with Crippen LogP contribution in [-0.4, -0.2) is 33.0 Å². The van der Waals surface area contributed by atoms with Crippen LogP contribution < -0.4 is 10.0 Å². The Bertz CT molecular complexity index is 512. The number of nitro groups is 1. The molecule has 0 heterocycles. The minimum absolute atomic E-state index is 0.0102. The van der Waals surface area contributed by atoms with E-state index in [1.54, 1.807) is 14.0 Å². The van der Waals surface area contributed by atoms with Gasteiger partial charge in [0, 0.05) is 24.7 Å². The summed E-state index contributed by atoms with van der Waals surface area (Å²) >= 11 is 0. The Balaban J connectivity index is 2.88. The second kappa shape index (κ2) is 5.89. The fourth-order valence-electron chi connectivity index (χ4n) is 1.43. The number of non-ortho nitro benzene ring substituents is 1. The maximum Gasteiger partial charge on any atom is 0.269 e. The Morgan fingerprint density at radius 3 is 2.33 bits per heavy atom. The zero-order valence-electron chi connectivity index (χ0n) is 10.1. The van der Waals surface area contributed by atoms with E-state index in [2.05, 4.69) is 10.0 Å². The lowest BCUT2D eigenvalue weighted by molar-refractivity contribution is -0.384. The molecule has 0 aromatic heterocycles. The number of likely N-dealkylation sites (N-methyl/N-ethyl adjacent to an activating group) is 1. The van der Waals surface area contributed by atoms with Crippen molar-refractivity contribution in [3.8, 4) is 0 Å². The third-order valence-corrected chi connectivity index (χ3v) is 3.83. The Hall–Kier alpha value is -1.51. The topological polar surface area (TPSA) is 101 Å². The van der Waals surface area contributed by atoms with Gasteiger partial charge in [-0.05, 0) is 26.1 Å². The fourth-order valence-corrected chi connectivity index (χ4v) is 2.67.